The Kier molecular flexibility index (Phi) is 4.93. The molecule has 25 heavy (non-hydrogen) atoms. The van der Waals surface area contributed by atoms with Gasteiger partial charge >= 0.3 is 5.97 Å². The average molecular weight is 340 g/mol. The maximum Gasteiger partial charge on any atom is 0.342 e. The van der Waals surface area contributed by atoms with E-state index in [2.05, 4.69) is 0 Å². The van der Waals surface area contributed by atoms with Crippen LogP contribution in [0.15, 0.2) is 46.9 Å². The Bertz CT molecular complexity index is 880. The molecule has 0 aliphatic rings. The van der Waals surface area contributed by atoms with Crippen molar-refractivity contribution in [2.75, 3.05) is 20.8 Å². The number of carbonyl (C=O) groups excluding carboxylic acids is 1. The smallest absolute Gasteiger partial charge is 0.342 e. The molecule has 0 radical (unpaired) electrons. The van der Waals surface area contributed by atoms with E-state index in [9.17, 15) is 4.79 Å². The highest BCUT2D eigenvalue weighted by molar-refractivity contribution is 6.05. The number of benzene rings is 2. The molecule has 0 unspecified atom stereocenters. The minimum Gasteiger partial charge on any atom is -0.493 e. The van der Waals surface area contributed by atoms with Gasteiger partial charge in [0.25, 0.3) is 0 Å². The van der Waals surface area contributed by atoms with E-state index in [1.807, 2.05) is 30.3 Å². The van der Waals surface area contributed by atoms with Gasteiger partial charge in [0.05, 0.1) is 20.8 Å². The number of rotatable bonds is 6. The molecular formula is C20H20O5. The Labute approximate surface area is 146 Å². The van der Waals surface area contributed by atoms with Crippen LogP contribution in [0.2, 0.25) is 0 Å². The molecule has 2 aromatic carbocycles. The number of fused-ring (bicyclic) bond motifs is 1. The van der Waals surface area contributed by atoms with Gasteiger partial charge in [0, 0.05) is 17.9 Å². The lowest BCUT2D eigenvalue weighted by molar-refractivity contribution is 0.0526. The van der Waals surface area contributed by atoms with Gasteiger partial charge in [-0.2, -0.15) is 0 Å². The van der Waals surface area contributed by atoms with Crippen LogP contribution in [0.25, 0.3) is 11.0 Å². The summed E-state index contributed by atoms with van der Waals surface area (Å²) in [5, 5.41) is 0.655. The standard InChI is InChI=1S/C20H20O5/c1-4-24-20(21)19-14-11-16(22-2)17(23-3)12-15(14)25-18(19)10-13-8-6-5-7-9-13/h5-9,11-12H,4,10H2,1-3H3. The maximum atomic E-state index is 12.5. The lowest BCUT2D eigenvalue weighted by Crippen LogP contribution is -2.07. The van der Waals surface area contributed by atoms with Crippen LogP contribution in [-0.2, 0) is 11.2 Å². The van der Waals surface area contributed by atoms with Gasteiger partial charge in [0.1, 0.15) is 16.9 Å². The van der Waals surface area contributed by atoms with Crippen LogP contribution < -0.4 is 9.47 Å². The SMILES string of the molecule is CCOC(=O)c1c(Cc2ccccc2)oc2cc(OC)c(OC)cc12. The molecule has 3 aromatic rings. The Hall–Kier alpha value is -2.95. The number of esters is 1. The van der Waals surface area contributed by atoms with Crippen molar-refractivity contribution in [3.63, 3.8) is 0 Å². The van der Waals surface area contributed by atoms with Crippen LogP contribution >= 0.6 is 0 Å². The summed E-state index contributed by atoms with van der Waals surface area (Å²) in [6.07, 6.45) is 0.494. The molecule has 3 rings (SSSR count). The van der Waals surface area contributed by atoms with Gasteiger partial charge in [-0.15, -0.1) is 0 Å². The van der Waals surface area contributed by atoms with E-state index < -0.39 is 5.97 Å². The van der Waals surface area contributed by atoms with E-state index in [1.165, 1.54) is 0 Å². The fourth-order valence-corrected chi connectivity index (χ4v) is 2.81. The maximum absolute atomic E-state index is 12.5. The molecule has 0 aliphatic heterocycles. The molecule has 0 spiro atoms. The highest BCUT2D eigenvalue weighted by atomic mass is 16.5. The van der Waals surface area contributed by atoms with E-state index in [-0.39, 0.29) is 0 Å². The average Bonchev–Trinajstić information content (AvgIpc) is 2.98. The highest BCUT2D eigenvalue weighted by Gasteiger charge is 2.24. The third-order valence-corrected chi connectivity index (χ3v) is 3.95. The van der Waals surface area contributed by atoms with Crippen molar-refractivity contribution in [2.24, 2.45) is 0 Å². The number of ether oxygens (including phenoxy) is 3. The molecule has 0 aliphatic carbocycles. The summed E-state index contributed by atoms with van der Waals surface area (Å²) in [6, 6.07) is 13.3. The molecule has 0 bridgehead atoms. The van der Waals surface area contributed by atoms with Crippen molar-refractivity contribution in [1.82, 2.24) is 0 Å². The summed E-state index contributed by atoms with van der Waals surface area (Å²) in [6.45, 7) is 2.07. The molecule has 5 nitrogen and oxygen atoms in total. The van der Waals surface area contributed by atoms with E-state index in [4.69, 9.17) is 18.6 Å². The van der Waals surface area contributed by atoms with Crippen molar-refractivity contribution in [3.8, 4) is 11.5 Å². The van der Waals surface area contributed by atoms with Crippen LogP contribution in [0.1, 0.15) is 28.6 Å². The Morgan fingerprint density at radius 3 is 2.36 bits per heavy atom. The summed E-state index contributed by atoms with van der Waals surface area (Å²) in [5.74, 6) is 1.24. The molecular weight excluding hydrogens is 320 g/mol. The first kappa shape index (κ1) is 16.9. The second-order valence-electron chi connectivity index (χ2n) is 5.49. The molecule has 0 fully saturated rings. The zero-order valence-electron chi connectivity index (χ0n) is 14.5. The molecule has 1 aromatic heterocycles. The quantitative estimate of drug-likeness (QED) is 0.629. The normalized spacial score (nSPS) is 10.7. The van der Waals surface area contributed by atoms with Gasteiger partial charge in [-0.05, 0) is 18.6 Å². The Morgan fingerprint density at radius 1 is 1.04 bits per heavy atom. The van der Waals surface area contributed by atoms with Crippen molar-refractivity contribution in [2.45, 2.75) is 13.3 Å². The highest BCUT2D eigenvalue weighted by Crippen LogP contribution is 2.37. The van der Waals surface area contributed by atoms with Gasteiger partial charge < -0.3 is 18.6 Å². The number of hydrogen-bond donors (Lipinski definition) is 0. The fraction of sp³-hybridized carbons (Fsp3) is 0.250. The number of furan rings is 1. The zero-order valence-corrected chi connectivity index (χ0v) is 14.5. The fourth-order valence-electron chi connectivity index (χ4n) is 2.81. The second-order valence-corrected chi connectivity index (χ2v) is 5.49. The van der Waals surface area contributed by atoms with Crippen molar-refractivity contribution in [1.29, 1.82) is 0 Å². The topological polar surface area (TPSA) is 57.9 Å². The van der Waals surface area contributed by atoms with Gasteiger partial charge in [-0.1, -0.05) is 30.3 Å². The first-order valence-electron chi connectivity index (χ1n) is 8.06. The van der Waals surface area contributed by atoms with Crippen LogP contribution in [0.3, 0.4) is 0 Å². The molecule has 0 saturated heterocycles. The van der Waals surface area contributed by atoms with Crippen LogP contribution in [0, 0.1) is 0 Å². The largest absolute Gasteiger partial charge is 0.493 e. The van der Waals surface area contributed by atoms with Gasteiger partial charge in [-0.25, -0.2) is 4.79 Å². The van der Waals surface area contributed by atoms with Gasteiger partial charge in [0.2, 0.25) is 0 Å². The molecule has 0 amide bonds. The second kappa shape index (κ2) is 7.30. The minimum absolute atomic E-state index is 0.295. The van der Waals surface area contributed by atoms with E-state index in [0.717, 1.165) is 5.56 Å². The number of hydrogen-bond acceptors (Lipinski definition) is 5. The van der Waals surface area contributed by atoms with Gasteiger partial charge in [-0.3, -0.25) is 0 Å². The third-order valence-electron chi connectivity index (χ3n) is 3.95. The van der Waals surface area contributed by atoms with E-state index >= 15 is 0 Å². The van der Waals surface area contributed by atoms with Crippen LogP contribution in [-0.4, -0.2) is 26.8 Å². The van der Waals surface area contributed by atoms with E-state index in [1.54, 1.807) is 33.3 Å². The van der Waals surface area contributed by atoms with Crippen molar-refractivity contribution >= 4 is 16.9 Å². The zero-order chi connectivity index (χ0) is 17.8. The minimum atomic E-state index is -0.403. The first-order chi connectivity index (χ1) is 12.2. The van der Waals surface area contributed by atoms with Crippen molar-refractivity contribution < 1.29 is 23.4 Å². The summed E-state index contributed by atoms with van der Waals surface area (Å²) >= 11 is 0. The molecule has 5 heteroatoms. The Morgan fingerprint density at radius 2 is 1.72 bits per heavy atom. The summed E-state index contributed by atoms with van der Waals surface area (Å²) in [5.41, 5.74) is 2.04. The molecule has 130 valence electrons. The van der Waals surface area contributed by atoms with Crippen molar-refractivity contribution in [3.05, 3.63) is 59.4 Å². The van der Waals surface area contributed by atoms with Crippen LogP contribution in [0.4, 0.5) is 0 Å². The van der Waals surface area contributed by atoms with Crippen LogP contribution in [0.5, 0.6) is 11.5 Å². The number of methoxy groups -OCH3 is 2. The molecule has 0 N–H and O–H groups in total. The first-order valence-corrected chi connectivity index (χ1v) is 8.06. The summed E-state index contributed by atoms with van der Waals surface area (Å²) < 4.78 is 21.9. The van der Waals surface area contributed by atoms with Gasteiger partial charge in [0.15, 0.2) is 11.5 Å². The monoisotopic (exact) mass is 340 g/mol. The Balaban J connectivity index is 2.17. The summed E-state index contributed by atoms with van der Waals surface area (Å²) in [4.78, 5) is 12.5. The third kappa shape index (κ3) is 3.31. The molecule has 0 atom stereocenters. The lowest BCUT2D eigenvalue weighted by atomic mass is 10.0. The number of carbonyl (C=O) groups is 1. The molecule has 1 heterocycles. The molecule has 0 saturated carbocycles. The predicted octanol–water partition coefficient (Wildman–Crippen LogP) is 4.22. The lowest BCUT2D eigenvalue weighted by Gasteiger charge is -2.07. The predicted molar refractivity (Wildman–Crippen MR) is 94.5 cm³/mol. The summed E-state index contributed by atoms with van der Waals surface area (Å²) in [7, 11) is 3.11. The van der Waals surface area contributed by atoms with E-state index in [0.29, 0.717) is 46.8 Å².